The van der Waals surface area contributed by atoms with Gasteiger partial charge < -0.3 is 15.2 Å². The highest BCUT2D eigenvalue weighted by molar-refractivity contribution is 4.99. The van der Waals surface area contributed by atoms with Crippen molar-refractivity contribution in [2.45, 2.75) is 63.6 Å². The zero-order valence-electron chi connectivity index (χ0n) is 12.5. The van der Waals surface area contributed by atoms with E-state index in [1.807, 2.05) is 0 Å². The van der Waals surface area contributed by atoms with E-state index in [-0.39, 0.29) is 12.1 Å². The van der Waals surface area contributed by atoms with Crippen molar-refractivity contribution in [2.75, 3.05) is 32.8 Å². The van der Waals surface area contributed by atoms with E-state index in [0.717, 1.165) is 51.9 Å². The zero-order chi connectivity index (χ0) is 13.7. The molecule has 1 saturated carbocycles. The molecule has 0 aromatic rings. The first-order valence-electron chi connectivity index (χ1n) is 7.90. The Morgan fingerprint density at radius 2 is 2.32 bits per heavy atom. The van der Waals surface area contributed by atoms with Crippen LogP contribution in [-0.2, 0) is 4.74 Å². The zero-order valence-corrected chi connectivity index (χ0v) is 12.5. The first-order chi connectivity index (χ1) is 9.19. The topological polar surface area (TPSA) is 44.7 Å². The molecule has 0 spiro atoms. The third kappa shape index (κ3) is 3.91. The normalized spacial score (nSPS) is 37.4. The second-order valence-corrected chi connectivity index (χ2v) is 6.29. The van der Waals surface area contributed by atoms with Crippen LogP contribution in [0.15, 0.2) is 0 Å². The fourth-order valence-corrected chi connectivity index (χ4v) is 3.52. The molecule has 1 aliphatic carbocycles. The van der Waals surface area contributed by atoms with Crippen molar-refractivity contribution in [1.82, 2.24) is 10.2 Å². The highest BCUT2D eigenvalue weighted by Crippen LogP contribution is 2.33. The molecule has 0 amide bonds. The number of hydrogen-bond acceptors (Lipinski definition) is 4. The largest absolute Gasteiger partial charge is 0.394 e. The van der Waals surface area contributed by atoms with Crippen molar-refractivity contribution in [3.05, 3.63) is 0 Å². The van der Waals surface area contributed by atoms with Crippen LogP contribution in [0.1, 0.15) is 46.0 Å². The highest BCUT2D eigenvalue weighted by atomic mass is 16.5. The Bertz CT molecular complexity index is 275. The average molecular weight is 270 g/mol. The third-order valence-electron chi connectivity index (χ3n) is 4.64. The number of aliphatic hydroxyl groups is 1. The molecular formula is C15H30N2O2. The van der Waals surface area contributed by atoms with Gasteiger partial charge in [-0.1, -0.05) is 6.92 Å². The lowest BCUT2D eigenvalue weighted by molar-refractivity contribution is 0.0593. The monoisotopic (exact) mass is 270 g/mol. The van der Waals surface area contributed by atoms with Crippen LogP contribution in [0.4, 0.5) is 0 Å². The van der Waals surface area contributed by atoms with Crippen LogP contribution < -0.4 is 5.32 Å². The molecule has 2 fully saturated rings. The first kappa shape index (κ1) is 15.2. The lowest BCUT2D eigenvalue weighted by atomic mass is 9.98. The Labute approximate surface area is 117 Å². The number of rotatable bonds is 5. The SMILES string of the molecule is CCCNC1(CO)CCC(N2CCCOC(C)C2)C1. The summed E-state index contributed by atoms with van der Waals surface area (Å²) in [5.41, 5.74) is -0.0307. The lowest BCUT2D eigenvalue weighted by Gasteiger charge is -2.32. The molecule has 1 aliphatic heterocycles. The fraction of sp³-hybridized carbons (Fsp3) is 1.00. The van der Waals surface area contributed by atoms with Gasteiger partial charge in [0.1, 0.15) is 0 Å². The summed E-state index contributed by atoms with van der Waals surface area (Å²) in [4.78, 5) is 2.59. The second-order valence-electron chi connectivity index (χ2n) is 6.29. The van der Waals surface area contributed by atoms with Crippen LogP contribution in [0.25, 0.3) is 0 Å². The molecule has 1 heterocycles. The summed E-state index contributed by atoms with van der Waals surface area (Å²) in [6.07, 6.45) is 5.98. The van der Waals surface area contributed by atoms with Crippen LogP contribution in [0.3, 0.4) is 0 Å². The number of aliphatic hydroxyl groups excluding tert-OH is 1. The molecule has 112 valence electrons. The van der Waals surface area contributed by atoms with Gasteiger partial charge >= 0.3 is 0 Å². The minimum absolute atomic E-state index is 0.0307. The molecule has 0 aromatic carbocycles. The Balaban J connectivity index is 1.91. The Hall–Kier alpha value is -0.160. The maximum atomic E-state index is 9.76. The van der Waals surface area contributed by atoms with Crippen molar-refractivity contribution in [2.24, 2.45) is 0 Å². The number of nitrogens with one attached hydrogen (secondary N) is 1. The molecule has 0 bridgehead atoms. The van der Waals surface area contributed by atoms with Crippen molar-refractivity contribution in [1.29, 1.82) is 0 Å². The molecule has 4 heteroatoms. The molecule has 4 nitrogen and oxygen atoms in total. The van der Waals surface area contributed by atoms with Gasteiger partial charge in [0.05, 0.1) is 12.7 Å². The van der Waals surface area contributed by atoms with Gasteiger partial charge in [-0.15, -0.1) is 0 Å². The number of hydrogen-bond donors (Lipinski definition) is 2. The van der Waals surface area contributed by atoms with Crippen molar-refractivity contribution in [3.63, 3.8) is 0 Å². The molecule has 0 radical (unpaired) electrons. The molecule has 2 aliphatic rings. The van der Waals surface area contributed by atoms with E-state index >= 15 is 0 Å². The van der Waals surface area contributed by atoms with E-state index in [2.05, 4.69) is 24.1 Å². The van der Waals surface area contributed by atoms with E-state index in [1.165, 1.54) is 6.42 Å². The van der Waals surface area contributed by atoms with E-state index in [0.29, 0.717) is 12.1 Å². The summed E-state index contributed by atoms with van der Waals surface area (Å²) in [6.45, 7) is 8.70. The predicted molar refractivity (Wildman–Crippen MR) is 77.4 cm³/mol. The van der Waals surface area contributed by atoms with E-state index in [9.17, 15) is 5.11 Å². The van der Waals surface area contributed by atoms with Crippen LogP contribution in [0.5, 0.6) is 0 Å². The quantitative estimate of drug-likeness (QED) is 0.792. The Kier molecular flexibility index (Phi) is 5.63. The first-order valence-corrected chi connectivity index (χ1v) is 7.90. The van der Waals surface area contributed by atoms with Crippen LogP contribution in [-0.4, -0.2) is 60.5 Å². The van der Waals surface area contributed by atoms with Crippen molar-refractivity contribution >= 4 is 0 Å². The van der Waals surface area contributed by atoms with E-state index in [1.54, 1.807) is 0 Å². The molecule has 0 aromatic heterocycles. The minimum Gasteiger partial charge on any atom is -0.394 e. The Morgan fingerprint density at radius 3 is 3.05 bits per heavy atom. The van der Waals surface area contributed by atoms with Gasteiger partial charge in [-0.25, -0.2) is 0 Å². The van der Waals surface area contributed by atoms with Crippen molar-refractivity contribution in [3.8, 4) is 0 Å². The van der Waals surface area contributed by atoms with Gasteiger partial charge in [0.2, 0.25) is 0 Å². The summed E-state index contributed by atoms with van der Waals surface area (Å²) in [5.74, 6) is 0. The molecule has 3 unspecified atom stereocenters. The van der Waals surface area contributed by atoms with Gasteiger partial charge in [0, 0.05) is 31.3 Å². The third-order valence-corrected chi connectivity index (χ3v) is 4.64. The smallest absolute Gasteiger partial charge is 0.0674 e. The lowest BCUT2D eigenvalue weighted by Crippen LogP contribution is -2.48. The van der Waals surface area contributed by atoms with Crippen LogP contribution in [0, 0.1) is 0 Å². The van der Waals surface area contributed by atoms with E-state index < -0.39 is 0 Å². The van der Waals surface area contributed by atoms with Gasteiger partial charge in [-0.3, -0.25) is 4.90 Å². The number of nitrogens with zero attached hydrogens (tertiary/aromatic N) is 1. The predicted octanol–water partition coefficient (Wildman–Crippen LogP) is 1.38. The van der Waals surface area contributed by atoms with Gasteiger partial charge in [-0.2, -0.15) is 0 Å². The summed E-state index contributed by atoms with van der Waals surface area (Å²) in [6, 6.07) is 0.612. The van der Waals surface area contributed by atoms with Gasteiger partial charge in [0.25, 0.3) is 0 Å². The standard InChI is InChI=1S/C15H30N2O2/c1-3-7-16-15(12-18)6-5-14(10-15)17-8-4-9-19-13(2)11-17/h13-14,16,18H,3-12H2,1-2H3. The molecule has 1 saturated heterocycles. The number of ether oxygens (including phenoxy) is 1. The molecule has 2 N–H and O–H groups in total. The van der Waals surface area contributed by atoms with Crippen molar-refractivity contribution < 1.29 is 9.84 Å². The summed E-state index contributed by atoms with van der Waals surface area (Å²) in [7, 11) is 0. The van der Waals surface area contributed by atoms with Gasteiger partial charge in [-0.05, 0) is 45.6 Å². The summed E-state index contributed by atoms with van der Waals surface area (Å²) >= 11 is 0. The summed E-state index contributed by atoms with van der Waals surface area (Å²) in [5, 5.41) is 13.3. The van der Waals surface area contributed by atoms with Crippen LogP contribution in [0.2, 0.25) is 0 Å². The second kappa shape index (κ2) is 7.02. The average Bonchev–Trinajstić information content (AvgIpc) is 2.73. The van der Waals surface area contributed by atoms with E-state index in [4.69, 9.17) is 4.74 Å². The van der Waals surface area contributed by atoms with Gasteiger partial charge in [0.15, 0.2) is 0 Å². The molecule has 19 heavy (non-hydrogen) atoms. The molecule has 3 atom stereocenters. The minimum atomic E-state index is -0.0307. The summed E-state index contributed by atoms with van der Waals surface area (Å²) < 4.78 is 5.73. The molecule has 2 rings (SSSR count). The van der Waals surface area contributed by atoms with Crippen LogP contribution >= 0.6 is 0 Å². The fourth-order valence-electron chi connectivity index (χ4n) is 3.52. The molecular weight excluding hydrogens is 240 g/mol. The maximum Gasteiger partial charge on any atom is 0.0674 e. The highest BCUT2D eigenvalue weighted by Gasteiger charge is 2.40. The Morgan fingerprint density at radius 1 is 1.47 bits per heavy atom. The maximum absolute atomic E-state index is 9.76.